The summed E-state index contributed by atoms with van der Waals surface area (Å²) in [5.41, 5.74) is 3.92. The summed E-state index contributed by atoms with van der Waals surface area (Å²) < 4.78 is 25.7. The van der Waals surface area contributed by atoms with E-state index in [-0.39, 0.29) is 17.9 Å². The van der Waals surface area contributed by atoms with Crippen LogP contribution in [0.25, 0.3) is 16.5 Å². The third-order valence-corrected chi connectivity index (χ3v) is 6.42. The molecule has 1 aromatic carbocycles. The van der Waals surface area contributed by atoms with Gasteiger partial charge in [-0.05, 0) is 43.2 Å². The van der Waals surface area contributed by atoms with Crippen molar-refractivity contribution in [3.63, 3.8) is 0 Å². The van der Waals surface area contributed by atoms with Crippen molar-refractivity contribution in [2.75, 3.05) is 26.4 Å². The van der Waals surface area contributed by atoms with Gasteiger partial charge in [0.05, 0.1) is 17.7 Å². The van der Waals surface area contributed by atoms with E-state index < -0.39 is 10.0 Å². The van der Waals surface area contributed by atoms with Gasteiger partial charge in [0.1, 0.15) is 0 Å². The number of amides is 1. The molecule has 0 radical (unpaired) electrons. The van der Waals surface area contributed by atoms with Gasteiger partial charge in [-0.15, -0.1) is 0 Å². The van der Waals surface area contributed by atoms with E-state index in [1.54, 1.807) is 6.20 Å². The molecule has 1 amide bonds. The number of carbonyl (C=O) groups excluding carboxylic acids is 1. The van der Waals surface area contributed by atoms with Crippen LogP contribution in [0.2, 0.25) is 0 Å². The number of nitrogens with zero attached hydrogens (tertiary/aromatic N) is 2. The van der Waals surface area contributed by atoms with Crippen molar-refractivity contribution in [3.8, 4) is 0 Å². The number of nitrogens with one attached hydrogen (secondary N) is 1. The summed E-state index contributed by atoms with van der Waals surface area (Å²) in [5, 5.41) is 3.90. The predicted molar refractivity (Wildman–Crippen MR) is 102 cm³/mol. The first-order chi connectivity index (χ1) is 12.3. The van der Waals surface area contributed by atoms with Crippen molar-refractivity contribution in [3.05, 3.63) is 41.6 Å². The largest absolute Gasteiger partial charge is 0.356 e. The van der Waals surface area contributed by atoms with E-state index in [1.807, 2.05) is 32.2 Å². The molecule has 1 aliphatic heterocycles. The molecule has 138 valence electrons. The van der Waals surface area contributed by atoms with Crippen molar-refractivity contribution < 1.29 is 13.2 Å². The van der Waals surface area contributed by atoms with Crippen LogP contribution in [0.15, 0.2) is 30.5 Å². The topological polar surface area (TPSA) is 71.4 Å². The Labute approximate surface area is 153 Å². The van der Waals surface area contributed by atoms with Crippen LogP contribution >= 0.6 is 0 Å². The van der Waals surface area contributed by atoms with Crippen molar-refractivity contribution in [1.82, 2.24) is 14.2 Å². The molecule has 2 atom stereocenters. The van der Waals surface area contributed by atoms with Crippen molar-refractivity contribution in [1.29, 1.82) is 0 Å². The van der Waals surface area contributed by atoms with Crippen LogP contribution in [0.1, 0.15) is 18.1 Å². The van der Waals surface area contributed by atoms with E-state index in [0.29, 0.717) is 18.6 Å². The highest BCUT2D eigenvalue weighted by molar-refractivity contribution is 7.89. The standard InChI is InChI=1S/C19H23N3O3S/c1-4-20-19(23)13-8-15-14-6-5-7-16-18(14)12(9-17(15)21(2)10-13)11-22(16)26(3,24)25/h5-8,11,13,17H,4,9-10H2,1-3H3,(H,20,23). The van der Waals surface area contributed by atoms with Gasteiger partial charge in [0.25, 0.3) is 0 Å². The highest BCUT2D eigenvalue weighted by atomic mass is 32.2. The lowest BCUT2D eigenvalue weighted by molar-refractivity contribution is -0.124. The summed E-state index contributed by atoms with van der Waals surface area (Å²) in [5.74, 6) is -0.156. The van der Waals surface area contributed by atoms with Crippen LogP contribution in [0.4, 0.5) is 0 Å². The summed E-state index contributed by atoms with van der Waals surface area (Å²) in [6.07, 6.45) is 5.81. The van der Waals surface area contributed by atoms with Gasteiger partial charge < -0.3 is 5.32 Å². The Balaban J connectivity index is 1.91. The van der Waals surface area contributed by atoms with Gasteiger partial charge in [0.2, 0.25) is 15.9 Å². The van der Waals surface area contributed by atoms with E-state index in [1.165, 1.54) is 10.2 Å². The maximum absolute atomic E-state index is 12.4. The molecule has 2 heterocycles. The second-order valence-corrected chi connectivity index (χ2v) is 9.05. The van der Waals surface area contributed by atoms with Crippen molar-refractivity contribution in [2.45, 2.75) is 19.4 Å². The fourth-order valence-electron chi connectivity index (χ4n) is 4.27. The molecular formula is C19H23N3O3S. The first-order valence-electron chi connectivity index (χ1n) is 8.84. The van der Waals surface area contributed by atoms with E-state index in [9.17, 15) is 13.2 Å². The van der Waals surface area contributed by atoms with Crippen LogP contribution in [-0.2, 0) is 21.2 Å². The fraction of sp³-hybridized carbons (Fsp3) is 0.421. The Hall–Kier alpha value is -2.12. The van der Waals surface area contributed by atoms with Gasteiger partial charge in [-0.25, -0.2) is 12.4 Å². The molecule has 0 spiro atoms. The van der Waals surface area contributed by atoms with Gasteiger partial charge in [-0.2, -0.15) is 0 Å². The van der Waals surface area contributed by atoms with E-state index >= 15 is 0 Å². The van der Waals surface area contributed by atoms with Crippen molar-refractivity contribution in [2.24, 2.45) is 5.92 Å². The molecule has 6 nitrogen and oxygen atoms in total. The molecule has 1 N–H and O–H groups in total. The number of aromatic nitrogens is 1. The second-order valence-electron chi connectivity index (χ2n) is 7.20. The Kier molecular flexibility index (Phi) is 3.96. The highest BCUT2D eigenvalue weighted by Gasteiger charge is 2.36. The molecule has 0 bridgehead atoms. The molecule has 1 aliphatic carbocycles. The van der Waals surface area contributed by atoms with Crippen LogP contribution in [0.5, 0.6) is 0 Å². The van der Waals surface area contributed by atoms with Crippen LogP contribution in [0, 0.1) is 5.92 Å². The first kappa shape index (κ1) is 17.3. The Bertz CT molecular complexity index is 1040. The molecule has 2 aromatic rings. The van der Waals surface area contributed by atoms with Crippen LogP contribution < -0.4 is 5.32 Å². The molecule has 7 heteroatoms. The van der Waals surface area contributed by atoms with Crippen LogP contribution in [0.3, 0.4) is 0 Å². The zero-order chi connectivity index (χ0) is 18.6. The lowest BCUT2D eigenvalue weighted by atomic mass is 9.80. The maximum atomic E-state index is 12.4. The number of benzene rings is 1. The fourth-order valence-corrected chi connectivity index (χ4v) is 5.10. The Morgan fingerprint density at radius 3 is 2.81 bits per heavy atom. The molecule has 1 aromatic heterocycles. The average molecular weight is 373 g/mol. The maximum Gasteiger partial charge on any atom is 0.236 e. The molecule has 0 saturated carbocycles. The Morgan fingerprint density at radius 2 is 2.12 bits per heavy atom. The third kappa shape index (κ3) is 2.57. The number of hydrogen-bond donors (Lipinski definition) is 1. The smallest absolute Gasteiger partial charge is 0.236 e. The highest BCUT2D eigenvalue weighted by Crippen LogP contribution is 2.41. The zero-order valence-corrected chi connectivity index (χ0v) is 16.0. The summed E-state index contributed by atoms with van der Waals surface area (Å²) >= 11 is 0. The summed E-state index contributed by atoms with van der Waals surface area (Å²) in [6, 6.07) is 5.93. The van der Waals surface area contributed by atoms with Crippen LogP contribution in [-0.4, -0.2) is 55.6 Å². The number of hydrogen-bond acceptors (Lipinski definition) is 4. The molecule has 2 aliphatic rings. The SMILES string of the molecule is CCNC(=O)C1C=C2c3cccc4c3c(cn4S(C)(=O)=O)CC2N(C)C1. The van der Waals surface area contributed by atoms with Gasteiger partial charge >= 0.3 is 0 Å². The average Bonchev–Trinajstić information content (AvgIpc) is 2.96. The summed E-state index contributed by atoms with van der Waals surface area (Å²) in [6.45, 7) is 3.20. The predicted octanol–water partition coefficient (Wildman–Crippen LogP) is 1.45. The quantitative estimate of drug-likeness (QED) is 0.884. The van der Waals surface area contributed by atoms with Gasteiger partial charge in [0.15, 0.2) is 0 Å². The molecular weight excluding hydrogens is 350 g/mol. The van der Waals surface area contributed by atoms with Gasteiger partial charge in [0, 0.05) is 30.7 Å². The molecule has 0 fully saturated rings. The minimum Gasteiger partial charge on any atom is -0.356 e. The second kappa shape index (κ2) is 5.96. The summed E-state index contributed by atoms with van der Waals surface area (Å²) in [4.78, 5) is 14.6. The molecule has 26 heavy (non-hydrogen) atoms. The van der Waals surface area contributed by atoms with E-state index in [4.69, 9.17) is 0 Å². The molecule has 2 unspecified atom stereocenters. The zero-order valence-electron chi connectivity index (χ0n) is 15.2. The number of fused-ring (bicyclic) bond motifs is 2. The minimum absolute atomic E-state index is 0.0389. The first-order valence-corrected chi connectivity index (χ1v) is 10.7. The van der Waals surface area contributed by atoms with Gasteiger partial charge in [-0.3, -0.25) is 9.69 Å². The van der Waals surface area contributed by atoms with Gasteiger partial charge in [-0.1, -0.05) is 18.2 Å². The third-order valence-electron chi connectivity index (χ3n) is 5.40. The summed E-state index contributed by atoms with van der Waals surface area (Å²) in [7, 11) is -1.34. The Morgan fingerprint density at radius 1 is 1.35 bits per heavy atom. The van der Waals surface area contributed by atoms with E-state index in [2.05, 4.69) is 16.3 Å². The number of carbonyl (C=O) groups is 1. The lowest BCUT2D eigenvalue weighted by Crippen LogP contribution is -2.46. The molecule has 4 rings (SSSR count). The molecule has 0 saturated heterocycles. The van der Waals surface area contributed by atoms with E-state index in [0.717, 1.165) is 28.5 Å². The monoisotopic (exact) mass is 373 g/mol. The normalized spacial score (nSPS) is 22.8. The number of rotatable bonds is 3. The minimum atomic E-state index is -3.37. The number of likely N-dealkylation sites (N-methyl/N-ethyl adjacent to an activating group) is 1. The lowest BCUT2D eigenvalue weighted by Gasteiger charge is -2.39. The van der Waals surface area contributed by atoms with Crippen molar-refractivity contribution >= 4 is 32.4 Å².